The minimum Gasteiger partial charge on any atom is -0.328 e. The predicted molar refractivity (Wildman–Crippen MR) is 35.9 cm³/mol. The zero-order valence-electron chi connectivity index (χ0n) is 4.28. The van der Waals surface area contributed by atoms with Crippen molar-refractivity contribution in [3.63, 3.8) is 0 Å². The molecule has 0 saturated heterocycles. The molecule has 9 heavy (non-hydrogen) atoms. The van der Waals surface area contributed by atoms with Crippen LogP contribution in [0.15, 0.2) is 25.3 Å². The smallest absolute Gasteiger partial charge is 0.291 e. The van der Waals surface area contributed by atoms with Gasteiger partial charge < -0.3 is 5.21 Å². The van der Waals surface area contributed by atoms with Crippen molar-refractivity contribution < 1.29 is 10.3 Å². The van der Waals surface area contributed by atoms with E-state index in [2.05, 4.69) is 13.2 Å². The third kappa shape index (κ3) is 1430. The molecule has 0 aromatic rings. The van der Waals surface area contributed by atoms with Crippen LogP contribution in [0.2, 0.25) is 0 Å². The summed E-state index contributed by atoms with van der Waals surface area (Å²) in [6.07, 6.45) is 3.28. The van der Waals surface area contributed by atoms with Crippen LogP contribution in [0.1, 0.15) is 7.43 Å². The molecule has 4 nitrogen and oxygen atoms in total. The van der Waals surface area contributed by atoms with Gasteiger partial charge >= 0.3 is 0 Å². The van der Waals surface area contributed by atoms with Crippen LogP contribution in [-0.2, 0) is 0 Å². The first-order valence-electron chi connectivity index (χ1n) is 1.71. The Bertz CT molecular complexity index is 80.2. The van der Waals surface area contributed by atoms with Crippen molar-refractivity contribution in [2.75, 3.05) is 0 Å². The van der Waals surface area contributed by atoms with Crippen molar-refractivity contribution >= 4 is 0 Å². The minimum atomic E-state index is -1.50. The van der Waals surface area contributed by atoms with Crippen molar-refractivity contribution in [1.82, 2.24) is 0 Å². The molecule has 0 aliphatic rings. The normalized spacial score (nSPS) is 4.89. The van der Waals surface area contributed by atoms with E-state index in [-0.39, 0.29) is 7.43 Å². The molecule has 0 fully saturated rings. The van der Waals surface area contributed by atoms with E-state index in [1.54, 1.807) is 12.2 Å². The third-order valence-electron chi connectivity index (χ3n) is 0.167. The highest BCUT2D eigenvalue weighted by molar-refractivity contribution is 4.88. The molecule has 0 radical (unpaired) electrons. The van der Waals surface area contributed by atoms with Crippen LogP contribution >= 0.6 is 0 Å². The number of rotatable bonds is 1. The summed E-state index contributed by atoms with van der Waals surface area (Å²) in [6, 6.07) is 0. The summed E-state index contributed by atoms with van der Waals surface area (Å²) in [6.45, 7) is 6.72. The van der Waals surface area contributed by atoms with Gasteiger partial charge in [0.25, 0.3) is 5.09 Å². The summed E-state index contributed by atoms with van der Waals surface area (Å²) in [5.74, 6) is 0. The van der Waals surface area contributed by atoms with Crippen LogP contribution in [0.5, 0.6) is 0 Å². The Balaban J connectivity index is -0.0000000720. The fraction of sp³-hybridized carbons (Fsp3) is 0.200. The molecule has 1 N–H and O–H groups in total. The Kier molecular flexibility index (Phi) is 27.7. The molecule has 0 aromatic heterocycles. The Labute approximate surface area is 54.2 Å². The molecule has 54 valence electrons. The van der Waals surface area contributed by atoms with Crippen molar-refractivity contribution in [1.29, 1.82) is 0 Å². The van der Waals surface area contributed by atoms with E-state index in [9.17, 15) is 0 Å². The van der Waals surface area contributed by atoms with Crippen molar-refractivity contribution in [3.8, 4) is 0 Å². The second-order valence-electron chi connectivity index (χ2n) is 0.709. The van der Waals surface area contributed by atoms with Gasteiger partial charge in [0.1, 0.15) is 0 Å². The van der Waals surface area contributed by atoms with E-state index in [0.717, 1.165) is 0 Å². The topological polar surface area (TPSA) is 63.4 Å². The fourth-order valence-corrected chi connectivity index (χ4v) is 0. The van der Waals surface area contributed by atoms with Crippen LogP contribution in [0.4, 0.5) is 0 Å². The zero-order chi connectivity index (χ0) is 6.99. The molecule has 0 saturated carbocycles. The van der Waals surface area contributed by atoms with Gasteiger partial charge in [-0.2, -0.15) is 0 Å². The molecular weight excluding hydrogens is 122 g/mol. The molecule has 0 aliphatic carbocycles. The van der Waals surface area contributed by atoms with Crippen LogP contribution in [0, 0.1) is 10.1 Å². The summed E-state index contributed by atoms with van der Waals surface area (Å²) < 4.78 is 0. The molecule has 4 heteroatoms. The first kappa shape index (κ1) is 15.6. The third-order valence-corrected chi connectivity index (χ3v) is 0.167. The SMILES string of the molecule is C.C=CC=C.O=[N+]([O-])O. The summed E-state index contributed by atoms with van der Waals surface area (Å²) in [4.78, 5) is 8.36. The standard InChI is InChI=1S/C4H6.CH4.HNO3/c1-3-4-2;;2-1(3)4/h3-4H,1-2H2;1H4;(H,2,3,4). The Morgan fingerprint density at radius 2 is 1.56 bits per heavy atom. The Morgan fingerprint density at radius 1 is 1.44 bits per heavy atom. The lowest BCUT2D eigenvalue weighted by Crippen LogP contribution is -1.81. The van der Waals surface area contributed by atoms with Gasteiger partial charge in [-0.05, 0) is 0 Å². The molecule has 0 spiro atoms. The van der Waals surface area contributed by atoms with Gasteiger partial charge in [-0.1, -0.05) is 32.7 Å². The van der Waals surface area contributed by atoms with E-state index in [4.69, 9.17) is 15.3 Å². The molecular formula is C5H11NO3. The maximum atomic E-state index is 8.36. The van der Waals surface area contributed by atoms with E-state index in [0.29, 0.717) is 0 Å². The molecule has 0 aromatic carbocycles. The lowest BCUT2D eigenvalue weighted by molar-refractivity contribution is -0.742. The lowest BCUT2D eigenvalue weighted by atomic mass is 10.6. The number of hydrogen-bond donors (Lipinski definition) is 1. The van der Waals surface area contributed by atoms with Crippen LogP contribution in [-0.4, -0.2) is 10.3 Å². The molecule has 0 unspecified atom stereocenters. The van der Waals surface area contributed by atoms with Gasteiger partial charge in [0, 0.05) is 0 Å². The largest absolute Gasteiger partial charge is 0.328 e. The van der Waals surface area contributed by atoms with E-state index >= 15 is 0 Å². The first-order valence-corrected chi connectivity index (χ1v) is 1.71. The lowest BCUT2D eigenvalue weighted by Gasteiger charge is -1.56. The van der Waals surface area contributed by atoms with Crippen molar-refractivity contribution in [3.05, 3.63) is 35.4 Å². The summed E-state index contributed by atoms with van der Waals surface area (Å²) in [5, 5.41) is 13.6. The molecule has 0 atom stereocenters. The fourth-order valence-electron chi connectivity index (χ4n) is 0. The Hall–Kier alpha value is -1.32. The monoisotopic (exact) mass is 133 g/mol. The maximum Gasteiger partial charge on any atom is 0.291 e. The van der Waals surface area contributed by atoms with Crippen molar-refractivity contribution in [2.45, 2.75) is 7.43 Å². The average Bonchev–Trinajstić information content (AvgIpc) is 1.65. The predicted octanol–water partition coefficient (Wildman–Crippen LogP) is 1.65. The minimum absolute atomic E-state index is 0. The highest BCUT2D eigenvalue weighted by Crippen LogP contribution is 1.52. The second kappa shape index (κ2) is 15.9. The van der Waals surface area contributed by atoms with Gasteiger partial charge in [-0.3, -0.25) is 0 Å². The van der Waals surface area contributed by atoms with Crippen LogP contribution < -0.4 is 0 Å². The Morgan fingerprint density at radius 3 is 1.56 bits per heavy atom. The van der Waals surface area contributed by atoms with E-state index in [1.165, 1.54) is 0 Å². The van der Waals surface area contributed by atoms with E-state index < -0.39 is 5.09 Å². The highest BCUT2D eigenvalue weighted by Gasteiger charge is 1.65. The number of nitrogens with zero attached hydrogens (tertiary/aromatic N) is 1. The van der Waals surface area contributed by atoms with Crippen molar-refractivity contribution in [2.24, 2.45) is 0 Å². The molecule has 0 heterocycles. The van der Waals surface area contributed by atoms with Gasteiger partial charge in [-0.15, -0.1) is 10.1 Å². The van der Waals surface area contributed by atoms with Crippen LogP contribution in [0.25, 0.3) is 0 Å². The van der Waals surface area contributed by atoms with Gasteiger partial charge in [0.2, 0.25) is 0 Å². The summed E-state index contributed by atoms with van der Waals surface area (Å²) >= 11 is 0. The maximum absolute atomic E-state index is 8.36. The zero-order valence-corrected chi connectivity index (χ0v) is 4.28. The first-order chi connectivity index (χ1) is 3.65. The van der Waals surface area contributed by atoms with Gasteiger partial charge in [-0.25, -0.2) is 0 Å². The number of allylic oxidation sites excluding steroid dienone is 2. The summed E-state index contributed by atoms with van der Waals surface area (Å²) in [5.41, 5.74) is 0. The average molecular weight is 133 g/mol. The quantitative estimate of drug-likeness (QED) is 0.336. The molecule has 0 aliphatic heterocycles. The second-order valence-corrected chi connectivity index (χ2v) is 0.709. The van der Waals surface area contributed by atoms with Gasteiger partial charge in [0.15, 0.2) is 0 Å². The molecule has 0 bridgehead atoms. The summed E-state index contributed by atoms with van der Waals surface area (Å²) in [7, 11) is 0. The highest BCUT2D eigenvalue weighted by atomic mass is 16.9. The number of hydrogen-bond acceptors (Lipinski definition) is 2. The van der Waals surface area contributed by atoms with E-state index in [1.807, 2.05) is 0 Å². The molecule has 0 rings (SSSR count). The van der Waals surface area contributed by atoms with Crippen LogP contribution in [0.3, 0.4) is 0 Å². The van der Waals surface area contributed by atoms with Gasteiger partial charge in [0.05, 0.1) is 0 Å². The molecule has 0 amide bonds.